The summed E-state index contributed by atoms with van der Waals surface area (Å²) >= 11 is 7.49. The molecule has 1 atom stereocenters. The highest BCUT2D eigenvalue weighted by Gasteiger charge is 2.17. The van der Waals surface area contributed by atoms with Gasteiger partial charge in [0.05, 0.1) is 0 Å². The van der Waals surface area contributed by atoms with E-state index in [0.717, 1.165) is 0 Å². The van der Waals surface area contributed by atoms with E-state index in [0.29, 0.717) is 22.8 Å². The van der Waals surface area contributed by atoms with Crippen LogP contribution in [0.4, 0.5) is 0 Å². The third-order valence-corrected chi connectivity index (χ3v) is 3.53. The van der Waals surface area contributed by atoms with Gasteiger partial charge in [-0.05, 0) is 36.1 Å². The minimum atomic E-state index is -1.03. The highest BCUT2D eigenvalue weighted by atomic mass is 35.5. The Kier molecular flexibility index (Phi) is 7.18. The van der Waals surface area contributed by atoms with E-state index in [4.69, 9.17) is 16.7 Å². The summed E-state index contributed by atoms with van der Waals surface area (Å²) in [5.41, 5.74) is 0.709. The summed E-state index contributed by atoms with van der Waals surface area (Å²) in [7, 11) is 0. The van der Waals surface area contributed by atoms with Crippen LogP contribution in [0.3, 0.4) is 0 Å². The van der Waals surface area contributed by atoms with Crippen molar-refractivity contribution in [3.8, 4) is 0 Å². The molecule has 0 bridgehead atoms. The maximum absolute atomic E-state index is 11.7. The molecule has 108 valence electrons. The summed E-state index contributed by atoms with van der Waals surface area (Å²) in [6.45, 7) is 0. The largest absolute Gasteiger partial charge is 0.480 e. The molecular formula is C14H16ClNO3S. The molecule has 6 heteroatoms. The van der Waals surface area contributed by atoms with Crippen molar-refractivity contribution < 1.29 is 14.7 Å². The molecule has 0 spiro atoms. The van der Waals surface area contributed by atoms with Crippen molar-refractivity contribution in [2.75, 3.05) is 12.0 Å². The molecule has 0 radical (unpaired) electrons. The average molecular weight is 314 g/mol. The van der Waals surface area contributed by atoms with Gasteiger partial charge in [0.2, 0.25) is 5.91 Å². The zero-order valence-corrected chi connectivity index (χ0v) is 12.6. The van der Waals surface area contributed by atoms with Crippen molar-refractivity contribution in [1.29, 1.82) is 0 Å². The van der Waals surface area contributed by atoms with Gasteiger partial charge in [0.1, 0.15) is 6.04 Å². The Bertz CT molecular complexity index is 505. The second kappa shape index (κ2) is 8.66. The van der Waals surface area contributed by atoms with Gasteiger partial charge in [-0.15, -0.1) is 0 Å². The first-order valence-corrected chi connectivity index (χ1v) is 7.76. The number of carboxylic acid groups (broad SMARTS) is 1. The van der Waals surface area contributed by atoms with Crippen molar-refractivity contribution in [1.82, 2.24) is 5.32 Å². The molecule has 0 aromatic heterocycles. The highest BCUT2D eigenvalue weighted by Crippen LogP contribution is 2.16. The van der Waals surface area contributed by atoms with Crippen molar-refractivity contribution in [3.63, 3.8) is 0 Å². The first-order chi connectivity index (χ1) is 9.54. The Balaban J connectivity index is 2.61. The van der Waals surface area contributed by atoms with Crippen LogP contribution in [-0.2, 0) is 9.59 Å². The molecule has 1 aromatic rings. The zero-order chi connectivity index (χ0) is 15.0. The normalized spacial score (nSPS) is 12.3. The molecule has 0 saturated heterocycles. The minimum Gasteiger partial charge on any atom is -0.480 e. The number of halogens is 1. The third kappa shape index (κ3) is 5.67. The topological polar surface area (TPSA) is 66.4 Å². The summed E-state index contributed by atoms with van der Waals surface area (Å²) in [5, 5.41) is 12.0. The van der Waals surface area contributed by atoms with Crippen LogP contribution in [0.15, 0.2) is 30.3 Å². The average Bonchev–Trinajstić information content (AvgIpc) is 2.42. The fourth-order valence-corrected chi connectivity index (χ4v) is 2.16. The Hall–Kier alpha value is -1.46. The third-order valence-electron chi connectivity index (χ3n) is 2.54. The molecule has 2 N–H and O–H groups in total. The van der Waals surface area contributed by atoms with Crippen molar-refractivity contribution in [2.24, 2.45) is 0 Å². The van der Waals surface area contributed by atoms with Gasteiger partial charge in [0.25, 0.3) is 0 Å². The number of nitrogens with one attached hydrogen (secondary N) is 1. The molecule has 0 aliphatic rings. The molecule has 0 aliphatic heterocycles. The van der Waals surface area contributed by atoms with Gasteiger partial charge >= 0.3 is 5.97 Å². The predicted octanol–water partition coefficient (Wildman–Crippen LogP) is 2.68. The first-order valence-electron chi connectivity index (χ1n) is 5.99. The molecular weight excluding hydrogens is 298 g/mol. The van der Waals surface area contributed by atoms with Crippen LogP contribution in [0.2, 0.25) is 5.02 Å². The Morgan fingerprint density at radius 2 is 2.15 bits per heavy atom. The number of hydrogen-bond donors (Lipinski definition) is 2. The van der Waals surface area contributed by atoms with Gasteiger partial charge < -0.3 is 10.4 Å². The fraction of sp³-hybridized carbons (Fsp3) is 0.286. The van der Waals surface area contributed by atoms with Gasteiger partial charge in [0, 0.05) is 11.1 Å². The van der Waals surface area contributed by atoms with Crippen molar-refractivity contribution in [2.45, 2.75) is 12.5 Å². The van der Waals surface area contributed by atoms with E-state index in [2.05, 4.69) is 5.32 Å². The molecule has 0 saturated carbocycles. The lowest BCUT2D eigenvalue weighted by Crippen LogP contribution is -2.40. The Morgan fingerprint density at radius 3 is 2.75 bits per heavy atom. The molecule has 1 aromatic carbocycles. The van der Waals surface area contributed by atoms with E-state index in [-0.39, 0.29) is 0 Å². The molecule has 1 rings (SSSR count). The monoisotopic (exact) mass is 313 g/mol. The van der Waals surface area contributed by atoms with Gasteiger partial charge in [0.15, 0.2) is 0 Å². The van der Waals surface area contributed by atoms with E-state index in [1.165, 1.54) is 17.8 Å². The van der Waals surface area contributed by atoms with E-state index in [1.807, 2.05) is 12.3 Å². The zero-order valence-electron chi connectivity index (χ0n) is 11.0. The fourth-order valence-electron chi connectivity index (χ4n) is 1.49. The number of rotatable bonds is 7. The van der Waals surface area contributed by atoms with Crippen LogP contribution in [0.5, 0.6) is 0 Å². The number of carbonyl (C=O) groups excluding carboxylic acids is 1. The molecule has 1 unspecified atom stereocenters. The molecule has 0 heterocycles. The number of benzene rings is 1. The quantitative estimate of drug-likeness (QED) is 0.760. The lowest BCUT2D eigenvalue weighted by Gasteiger charge is -2.12. The van der Waals surface area contributed by atoms with Gasteiger partial charge in [-0.2, -0.15) is 11.8 Å². The molecule has 4 nitrogen and oxygen atoms in total. The van der Waals surface area contributed by atoms with E-state index in [9.17, 15) is 9.59 Å². The lowest BCUT2D eigenvalue weighted by molar-refractivity contribution is -0.141. The summed E-state index contributed by atoms with van der Waals surface area (Å²) in [5.74, 6) is -0.803. The van der Waals surface area contributed by atoms with Crippen molar-refractivity contribution >= 4 is 41.3 Å². The summed E-state index contributed by atoms with van der Waals surface area (Å²) in [6, 6.07) is 6.22. The second-order valence-electron chi connectivity index (χ2n) is 4.04. The van der Waals surface area contributed by atoms with E-state index >= 15 is 0 Å². The Labute approximate surface area is 127 Å². The van der Waals surface area contributed by atoms with Gasteiger partial charge in [-0.25, -0.2) is 4.79 Å². The number of thioether (sulfide) groups is 1. The number of hydrogen-bond acceptors (Lipinski definition) is 3. The molecule has 0 fully saturated rings. The summed E-state index contributed by atoms with van der Waals surface area (Å²) in [4.78, 5) is 22.7. The number of aliphatic carboxylic acids is 1. The minimum absolute atomic E-state index is 0.391. The van der Waals surface area contributed by atoms with Crippen LogP contribution in [0.25, 0.3) is 6.08 Å². The number of carboxylic acids is 1. The van der Waals surface area contributed by atoms with Gasteiger partial charge in [-0.3, -0.25) is 4.79 Å². The van der Waals surface area contributed by atoms with Gasteiger partial charge in [-0.1, -0.05) is 29.8 Å². The smallest absolute Gasteiger partial charge is 0.326 e. The summed E-state index contributed by atoms with van der Waals surface area (Å²) < 4.78 is 0. The van der Waals surface area contributed by atoms with Crippen LogP contribution in [-0.4, -0.2) is 35.0 Å². The van der Waals surface area contributed by atoms with E-state index < -0.39 is 17.9 Å². The van der Waals surface area contributed by atoms with Crippen LogP contribution >= 0.6 is 23.4 Å². The standard InChI is InChI=1S/C14H16ClNO3S/c1-20-9-8-12(14(18)19)16-13(17)7-6-10-4-2-3-5-11(10)15/h2-7,12H,8-9H2,1H3,(H,16,17)(H,18,19)/b7-6+. The Morgan fingerprint density at radius 1 is 1.45 bits per heavy atom. The number of carbonyl (C=O) groups is 2. The van der Waals surface area contributed by atoms with Crippen LogP contribution in [0.1, 0.15) is 12.0 Å². The molecule has 1 amide bonds. The predicted molar refractivity (Wildman–Crippen MR) is 83.1 cm³/mol. The van der Waals surface area contributed by atoms with Crippen LogP contribution in [0, 0.1) is 0 Å². The maximum Gasteiger partial charge on any atom is 0.326 e. The van der Waals surface area contributed by atoms with Crippen molar-refractivity contribution in [3.05, 3.63) is 40.9 Å². The first kappa shape index (κ1) is 16.6. The van der Waals surface area contributed by atoms with Crippen LogP contribution < -0.4 is 5.32 Å². The number of amides is 1. The second-order valence-corrected chi connectivity index (χ2v) is 5.43. The highest BCUT2D eigenvalue weighted by molar-refractivity contribution is 7.98. The lowest BCUT2D eigenvalue weighted by atomic mass is 10.2. The SMILES string of the molecule is CSCCC(NC(=O)/C=C/c1ccccc1Cl)C(=O)O. The summed E-state index contributed by atoms with van der Waals surface area (Å²) in [6.07, 6.45) is 5.13. The molecule has 20 heavy (non-hydrogen) atoms. The molecule has 0 aliphatic carbocycles. The maximum atomic E-state index is 11.7. The van der Waals surface area contributed by atoms with E-state index in [1.54, 1.807) is 24.3 Å².